The summed E-state index contributed by atoms with van der Waals surface area (Å²) in [6, 6.07) is 16.1. The fourth-order valence-corrected chi connectivity index (χ4v) is 2.07. The number of hydrogen-bond donors (Lipinski definition) is 0. The molecular weight excluding hydrogens is 302 g/mol. The van der Waals surface area contributed by atoms with Crippen LogP contribution in [0.15, 0.2) is 52.9 Å². The molecule has 0 bridgehead atoms. The Hall–Kier alpha value is -2.84. The summed E-state index contributed by atoms with van der Waals surface area (Å²) in [4.78, 5) is 0. The van der Waals surface area contributed by atoms with Gasteiger partial charge in [-0.1, -0.05) is 29.8 Å². The maximum atomic E-state index is 8.84. The van der Waals surface area contributed by atoms with Crippen molar-refractivity contribution in [2.75, 3.05) is 0 Å². The molecule has 0 atom stereocenters. The predicted octanol–water partition coefficient (Wildman–Crippen LogP) is 3.84. The average Bonchev–Trinajstić information content (AvgIpc) is 3.02. The van der Waals surface area contributed by atoms with E-state index < -0.39 is 0 Å². The number of ether oxygens (including phenoxy) is 1. The second kappa shape index (κ2) is 6.29. The Morgan fingerprint density at radius 3 is 2.82 bits per heavy atom. The molecule has 2 aromatic carbocycles. The van der Waals surface area contributed by atoms with Crippen molar-refractivity contribution < 1.29 is 9.15 Å². The van der Waals surface area contributed by atoms with Gasteiger partial charge in [-0.05, 0) is 30.3 Å². The van der Waals surface area contributed by atoms with Crippen molar-refractivity contribution in [3.63, 3.8) is 0 Å². The molecule has 108 valence electrons. The van der Waals surface area contributed by atoms with Crippen molar-refractivity contribution in [2.24, 2.45) is 0 Å². The number of nitrogens with zero attached hydrogens (tertiary/aromatic N) is 3. The lowest BCUT2D eigenvalue weighted by atomic mass is 10.2. The molecule has 0 unspecified atom stereocenters. The second-order valence-electron chi connectivity index (χ2n) is 4.41. The largest absolute Gasteiger partial charge is 0.484 e. The van der Waals surface area contributed by atoms with Crippen LogP contribution < -0.4 is 4.74 Å². The summed E-state index contributed by atoms with van der Waals surface area (Å²) in [6.45, 7) is 0.117. The topological polar surface area (TPSA) is 71.9 Å². The molecule has 0 aliphatic heterocycles. The minimum Gasteiger partial charge on any atom is -0.484 e. The van der Waals surface area contributed by atoms with Gasteiger partial charge in [0, 0.05) is 0 Å². The molecule has 0 spiro atoms. The van der Waals surface area contributed by atoms with E-state index >= 15 is 0 Å². The van der Waals surface area contributed by atoms with Crippen LogP contribution in [0.5, 0.6) is 5.75 Å². The summed E-state index contributed by atoms with van der Waals surface area (Å²) in [5, 5.41) is 17.3. The van der Waals surface area contributed by atoms with Crippen LogP contribution in [0.4, 0.5) is 0 Å². The third-order valence-electron chi connectivity index (χ3n) is 2.90. The molecule has 5 nitrogen and oxygen atoms in total. The minimum atomic E-state index is 0.117. The van der Waals surface area contributed by atoms with Crippen molar-refractivity contribution in [1.29, 1.82) is 5.26 Å². The van der Waals surface area contributed by atoms with Gasteiger partial charge in [0.05, 0.1) is 22.2 Å². The molecule has 22 heavy (non-hydrogen) atoms. The number of rotatable bonds is 4. The van der Waals surface area contributed by atoms with E-state index in [0.29, 0.717) is 33.7 Å². The van der Waals surface area contributed by atoms with Crippen molar-refractivity contribution >= 4 is 11.6 Å². The quantitative estimate of drug-likeness (QED) is 0.732. The fourth-order valence-electron chi connectivity index (χ4n) is 1.86. The van der Waals surface area contributed by atoms with Gasteiger partial charge < -0.3 is 9.15 Å². The summed E-state index contributed by atoms with van der Waals surface area (Å²) >= 11 is 6.08. The number of hydrogen-bond acceptors (Lipinski definition) is 5. The standard InChI is InChI=1S/C16H10ClN3O2/c17-14-7-2-1-6-13(14)16-20-19-15(22-16)10-21-12-5-3-4-11(8-12)9-18/h1-8H,10H2. The van der Waals surface area contributed by atoms with Gasteiger partial charge in [0.25, 0.3) is 5.89 Å². The SMILES string of the molecule is N#Cc1cccc(OCc2nnc(-c3ccccc3Cl)o2)c1. The number of aromatic nitrogens is 2. The van der Waals surface area contributed by atoms with Gasteiger partial charge in [-0.15, -0.1) is 10.2 Å². The first-order chi connectivity index (χ1) is 10.8. The first-order valence-corrected chi connectivity index (χ1v) is 6.84. The van der Waals surface area contributed by atoms with Crippen molar-refractivity contribution in [3.8, 4) is 23.3 Å². The highest BCUT2D eigenvalue weighted by Gasteiger charge is 2.11. The van der Waals surface area contributed by atoms with E-state index in [9.17, 15) is 0 Å². The number of halogens is 1. The van der Waals surface area contributed by atoms with E-state index in [0.717, 1.165) is 0 Å². The molecule has 0 N–H and O–H groups in total. The van der Waals surface area contributed by atoms with Crippen LogP contribution in [-0.4, -0.2) is 10.2 Å². The van der Waals surface area contributed by atoms with Gasteiger partial charge in [-0.3, -0.25) is 0 Å². The van der Waals surface area contributed by atoms with E-state index in [1.54, 1.807) is 36.4 Å². The van der Waals surface area contributed by atoms with E-state index in [-0.39, 0.29) is 6.61 Å². The predicted molar refractivity (Wildman–Crippen MR) is 80.2 cm³/mol. The van der Waals surface area contributed by atoms with E-state index in [2.05, 4.69) is 16.3 Å². The van der Waals surface area contributed by atoms with Gasteiger partial charge in [-0.2, -0.15) is 5.26 Å². The van der Waals surface area contributed by atoms with Crippen LogP contribution in [0.2, 0.25) is 5.02 Å². The van der Waals surface area contributed by atoms with Gasteiger partial charge >= 0.3 is 0 Å². The van der Waals surface area contributed by atoms with Gasteiger partial charge in [0.2, 0.25) is 5.89 Å². The third-order valence-corrected chi connectivity index (χ3v) is 3.23. The smallest absolute Gasteiger partial charge is 0.254 e. The first kappa shape index (κ1) is 14.1. The second-order valence-corrected chi connectivity index (χ2v) is 4.82. The number of benzene rings is 2. The average molecular weight is 312 g/mol. The van der Waals surface area contributed by atoms with Crippen LogP contribution in [0.3, 0.4) is 0 Å². The lowest BCUT2D eigenvalue weighted by Gasteiger charge is -2.02. The molecule has 1 heterocycles. The van der Waals surface area contributed by atoms with Crippen molar-refractivity contribution in [3.05, 3.63) is 65.0 Å². The van der Waals surface area contributed by atoms with Gasteiger partial charge in [0.1, 0.15) is 5.75 Å². The summed E-state index contributed by atoms with van der Waals surface area (Å²) < 4.78 is 11.1. The molecule has 1 aromatic heterocycles. The van der Waals surface area contributed by atoms with Crippen molar-refractivity contribution in [1.82, 2.24) is 10.2 Å². The summed E-state index contributed by atoms with van der Waals surface area (Å²) in [5.41, 5.74) is 1.20. The Morgan fingerprint density at radius 2 is 2.00 bits per heavy atom. The molecule has 3 rings (SSSR count). The molecule has 0 saturated carbocycles. The summed E-state index contributed by atoms with van der Waals surface area (Å²) in [7, 11) is 0. The lowest BCUT2D eigenvalue weighted by Crippen LogP contribution is -1.95. The van der Waals surface area contributed by atoms with E-state index in [4.69, 9.17) is 26.0 Å². The Balaban J connectivity index is 1.72. The molecule has 0 aliphatic carbocycles. The highest BCUT2D eigenvalue weighted by molar-refractivity contribution is 6.33. The van der Waals surface area contributed by atoms with Crippen LogP contribution in [0.25, 0.3) is 11.5 Å². The molecule has 0 radical (unpaired) electrons. The Labute approximate surface area is 131 Å². The van der Waals surface area contributed by atoms with Crippen LogP contribution in [0.1, 0.15) is 11.5 Å². The molecule has 0 saturated heterocycles. The van der Waals surface area contributed by atoms with Crippen molar-refractivity contribution in [2.45, 2.75) is 6.61 Å². The Kier molecular flexibility index (Phi) is 4.03. The zero-order chi connectivity index (χ0) is 15.4. The molecule has 3 aromatic rings. The monoisotopic (exact) mass is 311 g/mol. The third kappa shape index (κ3) is 3.08. The summed E-state index contributed by atoms with van der Waals surface area (Å²) in [6.07, 6.45) is 0. The maximum absolute atomic E-state index is 8.84. The van der Waals surface area contributed by atoms with Gasteiger partial charge in [0.15, 0.2) is 6.61 Å². The molecule has 0 aliphatic rings. The molecular formula is C16H10ClN3O2. The Bertz CT molecular complexity index is 839. The molecule has 6 heteroatoms. The summed E-state index contributed by atoms with van der Waals surface area (Å²) in [5.74, 6) is 1.24. The van der Waals surface area contributed by atoms with Crippen LogP contribution >= 0.6 is 11.6 Å². The lowest BCUT2D eigenvalue weighted by molar-refractivity contribution is 0.264. The molecule has 0 fully saturated rings. The highest BCUT2D eigenvalue weighted by Crippen LogP contribution is 2.26. The normalized spacial score (nSPS) is 10.2. The van der Waals surface area contributed by atoms with Crippen LogP contribution in [0, 0.1) is 11.3 Å². The zero-order valence-electron chi connectivity index (χ0n) is 11.4. The fraction of sp³-hybridized carbons (Fsp3) is 0.0625. The van der Waals surface area contributed by atoms with E-state index in [1.807, 2.05) is 12.1 Å². The van der Waals surface area contributed by atoms with Gasteiger partial charge in [-0.25, -0.2) is 0 Å². The highest BCUT2D eigenvalue weighted by atomic mass is 35.5. The zero-order valence-corrected chi connectivity index (χ0v) is 12.1. The van der Waals surface area contributed by atoms with E-state index in [1.165, 1.54) is 0 Å². The maximum Gasteiger partial charge on any atom is 0.254 e. The first-order valence-electron chi connectivity index (χ1n) is 6.46. The van der Waals surface area contributed by atoms with Crippen LogP contribution in [-0.2, 0) is 6.61 Å². The minimum absolute atomic E-state index is 0.117. The molecule has 0 amide bonds. The number of nitriles is 1. The Morgan fingerprint density at radius 1 is 1.14 bits per heavy atom.